The highest BCUT2D eigenvalue weighted by atomic mass is 32.2. The van der Waals surface area contributed by atoms with E-state index < -0.39 is 12.0 Å². The molecule has 86 valence electrons. The van der Waals surface area contributed by atoms with Crippen LogP contribution >= 0.6 is 11.8 Å². The zero-order valence-corrected chi connectivity index (χ0v) is 9.44. The number of hydrogen-bond donors (Lipinski definition) is 1. The Morgan fingerprint density at radius 2 is 2.38 bits per heavy atom. The molecule has 3 fully saturated rings. The maximum Gasteiger partial charge on any atom is 0.327 e. The Hall–Kier alpha value is -1.01. The third kappa shape index (κ3) is 1.29. The number of fused-ring (bicyclic) bond motifs is 1. The van der Waals surface area contributed by atoms with Gasteiger partial charge in [-0.3, -0.25) is 4.79 Å². The second-order valence-electron chi connectivity index (χ2n) is 4.18. The Kier molecular flexibility index (Phi) is 2.06. The minimum absolute atomic E-state index is 0.0468. The number of carbonyl (C=O) groups is 2. The van der Waals surface area contributed by atoms with Crippen LogP contribution in [0.4, 0.5) is 0 Å². The fourth-order valence-corrected chi connectivity index (χ4v) is 3.51. The van der Waals surface area contributed by atoms with Gasteiger partial charge < -0.3 is 14.7 Å². The summed E-state index contributed by atoms with van der Waals surface area (Å²) in [6.07, 6.45) is 2.08. The number of nitrogens with zero attached hydrogens (tertiary/aromatic N) is 1. The van der Waals surface area contributed by atoms with E-state index in [1.165, 1.54) is 16.7 Å². The average molecular weight is 241 g/mol. The van der Waals surface area contributed by atoms with Gasteiger partial charge in [-0.1, -0.05) is 0 Å². The molecule has 0 radical (unpaired) electrons. The topological polar surface area (TPSA) is 70.1 Å². The van der Waals surface area contributed by atoms with E-state index in [4.69, 9.17) is 9.84 Å². The van der Waals surface area contributed by atoms with E-state index in [9.17, 15) is 9.59 Å². The summed E-state index contributed by atoms with van der Waals surface area (Å²) in [7, 11) is 0. The normalized spacial score (nSPS) is 43.2. The van der Waals surface area contributed by atoms with Crippen molar-refractivity contribution in [2.24, 2.45) is 0 Å². The van der Waals surface area contributed by atoms with Gasteiger partial charge in [0.15, 0.2) is 0 Å². The van der Waals surface area contributed by atoms with Crippen molar-refractivity contribution in [2.75, 3.05) is 5.75 Å². The van der Waals surface area contributed by atoms with Gasteiger partial charge in [-0.25, -0.2) is 4.79 Å². The number of epoxide rings is 1. The fraction of sp³-hybridized carbons (Fsp3) is 0.600. The lowest BCUT2D eigenvalue weighted by atomic mass is 10.0. The summed E-state index contributed by atoms with van der Waals surface area (Å²) in [5, 5.41) is 8.86. The number of amides is 1. The van der Waals surface area contributed by atoms with Crippen molar-refractivity contribution in [1.82, 2.24) is 4.90 Å². The van der Waals surface area contributed by atoms with Crippen molar-refractivity contribution in [2.45, 2.75) is 30.5 Å². The Balaban J connectivity index is 1.77. The lowest BCUT2D eigenvalue weighted by Crippen LogP contribution is -2.56. The van der Waals surface area contributed by atoms with E-state index in [-0.39, 0.29) is 23.5 Å². The van der Waals surface area contributed by atoms with Gasteiger partial charge in [0.1, 0.15) is 17.5 Å². The predicted molar refractivity (Wildman–Crippen MR) is 56.9 cm³/mol. The highest BCUT2D eigenvalue weighted by Gasteiger charge is 2.54. The van der Waals surface area contributed by atoms with Gasteiger partial charge in [0, 0.05) is 11.3 Å². The van der Waals surface area contributed by atoms with Crippen molar-refractivity contribution in [3.8, 4) is 0 Å². The van der Waals surface area contributed by atoms with E-state index >= 15 is 0 Å². The molecule has 3 saturated heterocycles. The molecule has 1 amide bonds. The summed E-state index contributed by atoms with van der Waals surface area (Å²) >= 11 is 1.51. The van der Waals surface area contributed by atoms with Gasteiger partial charge in [-0.2, -0.15) is 0 Å². The number of thioether (sulfide) groups is 1. The smallest absolute Gasteiger partial charge is 0.327 e. The molecule has 5 nitrogen and oxygen atoms in total. The van der Waals surface area contributed by atoms with Crippen LogP contribution in [0.1, 0.15) is 6.92 Å². The lowest BCUT2D eigenvalue weighted by molar-refractivity contribution is -0.150. The highest BCUT2D eigenvalue weighted by molar-refractivity contribution is 8.00. The minimum atomic E-state index is -0.918. The quantitative estimate of drug-likeness (QED) is 0.421. The first-order valence-electron chi connectivity index (χ1n) is 5.14. The van der Waals surface area contributed by atoms with Crippen LogP contribution in [-0.2, 0) is 14.3 Å². The molecule has 0 spiro atoms. The highest BCUT2D eigenvalue weighted by Crippen LogP contribution is 2.44. The summed E-state index contributed by atoms with van der Waals surface area (Å²) in [5.74, 6) is -0.590. The molecule has 3 aliphatic heterocycles. The number of aliphatic carboxylic acids is 1. The Labute approximate surface area is 96.4 Å². The van der Waals surface area contributed by atoms with Crippen LogP contribution in [0.5, 0.6) is 0 Å². The van der Waals surface area contributed by atoms with Crippen molar-refractivity contribution >= 4 is 23.6 Å². The van der Waals surface area contributed by atoms with Crippen molar-refractivity contribution < 1.29 is 19.4 Å². The maximum absolute atomic E-state index is 11.8. The predicted octanol–water partition coefficient (Wildman–Crippen LogP) is 0.0684. The number of rotatable bonds is 2. The molecule has 0 bridgehead atoms. The molecule has 4 atom stereocenters. The number of carbonyl (C=O) groups excluding carboxylic acids is 1. The molecule has 0 aromatic carbocycles. The fourth-order valence-electron chi connectivity index (χ4n) is 2.08. The van der Waals surface area contributed by atoms with E-state index in [1.807, 2.05) is 13.0 Å². The van der Waals surface area contributed by atoms with E-state index in [0.29, 0.717) is 11.3 Å². The number of ether oxygens (including phenoxy) is 1. The number of carboxylic acid groups (broad SMARTS) is 1. The maximum atomic E-state index is 11.8. The van der Waals surface area contributed by atoms with Crippen LogP contribution in [0.25, 0.3) is 0 Å². The largest absolute Gasteiger partial charge is 0.480 e. The molecule has 3 rings (SSSR count). The molecule has 0 aromatic heterocycles. The van der Waals surface area contributed by atoms with Crippen LogP contribution in [0, 0.1) is 0 Å². The van der Waals surface area contributed by atoms with Crippen molar-refractivity contribution in [3.05, 3.63) is 11.6 Å². The van der Waals surface area contributed by atoms with Gasteiger partial charge >= 0.3 is 5.97 Å². The summed E-state index contributed by atoms with van der Waals surface area (Å²) in [6.45, 7) is 1.95. The lowest BCUT2D eigenvalue weighted by Gasteiger charge is -2.38. The molecule has 3 unspecified atom stereocenters. The average Bonchev–Trinajstić information content (AvgIpc) is 2.79. The molecule has 3 aliphatic rings. The summed E-state index contributed by atoms with van der Waals surface area (Å²) in [6, 6.07) is -0.655. The monoisotopic (exact) mass is 241 g/mol. The minimum Gasteiger partial charge on any atom is -0.480 e. The molecule has 16 heavy (non-hydrogen) atoms. The number of β-lactam (4-membered cyclic amide) rings is 1. The van der Waals surface area contributed by atoms with Crippen molar-refractivity contribution in [1.29, 1.82) is 0 Å². The zero-order valence-electron chi connectivity index (χ0n) is 8.62. The van der Waals surface area contributed by atoms with Crippen molar-refractivity contribution in [3.63, 3.8) is 0 Å². The third-order valence-corrected chi connectivity index (χ3v) is 4.44. The first-order chi connectivity index (χ1) is 7.59. The van der Waals surface area contributed by atoms with E-state index in [2.05, 4.69) is 0 Å². The summed E-state index contributed by atoms with van der Waals surface area (Å²) in [4.78, 5) is 24.1. The molecule has 6 heteroatoms. The molecular formula is C10H11NO4S. The number of carboxylic acids is 1. The zero-order chi connectivity index (χ0) is 11.4. The van der Waals surface area contributed by atoms with Gasteiger partial charge in [-0.05, 0) is 13.0 Å². The summed E-state index contributed by atoms with van der Waals surface area (Å²) in [5.41, 5.74) is 0.711. The molecule has 0 saturated carbocycles. The molecular weight excluding hydrogens is 230 g/mol. The van der Waals surface area contributed by atoms with E-state index in [1.54, 1.807) is 0 Å². The van der Waals surface area contributed by atoms with E-state index in [0.717, 1.165) is 0 Å². The summed E-state index contributed by atoms with van der Waals surface area (Å²) < 4.78 is 5.22. The SMILES string of the molecule is CC1OC1C=C1C(=O)N2C(C(=O)O)CS[C@H]12. The van der Waals surface area contributed by atoms with Crippen LogP contribution < -0.4 is 0 Å². The Bertz CT molecular complexity index is 408. The van der Waals surface area contributed by atoms with Crippen LogP contribution in [-0.4, -0.2) is 51.3 Å². The molecule has 1 N–H and O–H groups in total. The third-order valence-electron chi connectivity index (χ3n) is 3.13. The van der Waals surface area contributed by atoms with Crippen LogP contribution in [0.15, 0.2) is 11.6 Å². The van der Waals surface area contributed by atoms with Crippen LogP contribution in [0.2, 0.25) is 0 Å². The molecule has 3 heterocycles. The Morgan fingerprint density at radius 3 is 2.94 bits per heavy atom. The second kappa shape index (κ2) is 3.24. The first kappa shape index (κ1) is 10.2. The second-order valence-corrected chi connectivity index (χ2v) is 5.29. The van der Waals surface area contributed by atoms with Gasteiger partial charge in [0.05, 0.1) is 6.10 Å². The Morgan fingerprint density at radius 1 is 1.69 bits per heavy atom. The molecule has 0 aliphatic carbocycles. The van der Waals surface area contributed by atoms with Gasteiger partial charge in [-0.15, -0.1) is 11.8 Å². The van der Waals surface area contributed by atoms with Crippen LogP contribution in [0.3, 0.4) is 0 Å². The molecule has 0 aromatic rings. The first-order valence-corrected chi connectivity index (χ1v) is 6.18. The number of hydrogen-bond acceptors (Lipinski definition) is 4. The standard InChI is InChI=1S/C10H11NO4S/c1-4-7(15-4)2-5-8(12)11-6(10(13)14)3-16-9(5)11/h2,4,6-7,9H,3H2,1H3,(H,13,14)/t4?,6?,7?,9-/m1/s1. The van der Waals surface area contributed by atoms with Gasteiger partial charge in [0.2, 0.25) is 0 Å². The van der Waals surface area contributed by atoms with Gasteiger partial charge in [0.25, 0.3) is 5.91 Å².